The Morgan fingerprint density at radius 2 is 0.440 bits per heavy atom. The monoisotopic (exact) mass is 1940 g/mol. The zero-order valence-electron chi connectivity index (χ0n) is 80.5. The molecule has 9 heterocycles. The van der Waals surface area contributed by atoms with Gasteiger partial charge in [-0.2, -0.15) is 0 Å². The van der Waals surface area contributed by atoms with Crippen molar-refractivity contribution in [3.05, 3.63) is 491 Å². The number of aromatic nitrogens is 9. The summed E-state index contributed by atoms with van der Waals surface area (Å²) < 4.78 is 18.5. The highest BCUT2D eigenvalue weighted by Crippen LogP contribution is 2.53. The molecule has 9 aromatic heterocycles. The van der Waals surface area contributed by atoms with Gasteiger partial charge >= 0.3 is 0 Å². The molecule has 0 aliphatic heterocycles. The maximum atomic E-state index is 6.23. The predicted octanol–water partition coefficient (Wildman–Crippen LogP) is 37.7. The molecule has 0 amide bonds. The molecule has 696 valence electrons. The Morgan fingerprint density at radius 1 is 0.160 bits per heavy atom. The number of benzene rings is 24. The minimum Gasteiger partial charge on any atom is -0.456 e. The van der Waals surface area contributed by atoms with Crippen molar-refractivity contribution in [2.24, 2.45) is 0 Å². The van der Waals surface area contributed by atoms with Crippen molar-refractivity contribution in [3.8, 4) is 84.6 Å². The first kappa shape index (κ1) is 85.0. The van der Waals surface area contributed by atoms with Crippen LogP contribution in [0.25, 0.3) is 310 Å². The van der Waals surface area contributed by atoms with Crippen molar-refractivity contribution < 1.29 is 4.42 Å². The van der Waals surface area contributed by atoms with Crippen molar-refractivity contribution in [3.63, 3.8) is 0 Å². The average Bonchev–Trinajstić information content (AvgIpc) is 1.55. The van der Waals surface area contributed by atoms with Crippen molar-refractivity contribution in [1.29, 1.82) is 0 Å². The largest absolute Gasteiger partial charge is 0.456 e. The lowest BCUT2D eigenvalue weighted by atomic mass is 9.93. The maximum Gasteiger partial charge on any atom is 0.165 e. The van der Waals surface area contributed by atoms with Crippen LogP contribution < -0.4 is 0 Å². The fourth-order valence-electron chi connectivity index (χ4n) is 23.8. The van der Waals surface area contributed by atoms with Crippen molar-refractivity contribution >= 4 is 248 Å². The van der Waals surface area contributed by atoms with Crippen LogP contribution in [-0.4, -0.2) is 43.6 Å². The molecule has 0 unspecified atom stereocenters. The molecular weight excluding hydrogens is 1860 g/mol. The molecule has 12 heteroatoms. The molecule has 0 aliphatic rings. The van der Waals surface area contributed by atoms with E-state index in [2.05, 4.69) is 432 Å². The molecule has 0 N–H and O–H groups in total. The molecule has 10 nitrogen and oxygen atoms in total. The van der Waals surface area contributed by atoms with Gasteiger partial charge in [0, 0.05) is 100 Å². The summed E-state index contributed by atoms with van der Waals surface area (Å²) in [5, 5.41) is 29.4. The molecule has 0 fully saturated rings. The van der Waals surface area contributed by atoms with E-state index >= 15 is 0 Å². The highest BCUT2D eigenvalue weighted by Gasteiger charge is 2.30. The molecule has 0 atom stereocenters. The zero-order chi connectivity index (χ0) is 98.3. The fourth-order valence-corrected chi connectivity index (χ4v) is 26.0. The van der Waals surface area contributed by atoms with Gasteiger partial charge in [-0.15, -0.1) is 22.7 Å². The molecule has 0 bridgehead atoms. The first-order valence-corrected chi connectivity index (χ1v) is 52.4. The quantitative estimate of drug-likeness (QED) is 0.142. The molecular formula is C138H81N9OS2. The number of fused-ring (bicyclic) bond motifs is 33. The lowest BCUT2D eigenvalue weighted by Crippen LogP contribution is -2.03. The van der Waals surface area contributed by atoms with Crippen LogP contribution in [0.4, 0.5) is 0 Å². The SMILES string of the molecule is c1ccc(-c2nc3ccccc3nc2-n2c3ccc4ccccc4c3c3c4ccccc4c(-c4ccc5c(c4)sc4ccccc45)cc32)cc1.c1ccc(-c2nc3ccccc3nc2-n2c3ccc4ccccc4c3c3c4ccccc4c(-c4ccc5oc6ccccc6c5c4)cc32)cc1.c1ccc(-c2nc3ccccc3nc2-n2c3ccc4ccccc4c3c3c4ccccc4c(-c4ccc5sc6ccccc6c5c4)cc32)cc1. The lowest BCUT2D eigenvalue weighted by Gasteiger charge is -2.15. The highest BCUT2D eigenvalue weighted by atomic mass is 32.1. The van der Waals surface area contributed by atoms with Gasteiger partial charge in [-0.3, -0.25) is 13.7 Å². The predicted molar refractivity (Wildman–Crippen MR) is 632 cm³/mol. The average molecular weight is 1950 g/mol. The molecule has 0 spiro atoms. The van der Waals surface area contributed by atoms with E-state index in [0.29, 0.717) is 0 Å². The summed E-state index contributed by atoms with van der Waals surface area (Å²) in [6, 6.07) is 175. The summed E-state index contributed by atoms with van der Waals surface area (Å²) in [5.74, 6) is 2.46. The Bertz CT molecular complexity index is 11100. The van der Waals surface area contributed by atoms with Crippen molar-refractivity contribution in [2.45, 2.75) is 0 Å². The van der Waals surface area contributed by atoms with Crippen LogP contribution in [0, 0.1) is 0 Å². The minimum absolute atomic E-state index is 0.808. The van der Waals surface area contributed by atoms with E-state index < -0.39 is 0 Å². The van der Waals surface area contributed by atoms with E-state index in [9.17, 15) is 0 Å². The molecule has 0 aliphatic carbocycles. The lowest BCUT2D eigenvalue weighted by molar-refractivity contribution is 0.669. The number of furan rings is 1. The molecule has 150 heavy (non-hydrogen) atoms. The summed E-state index contributed by atoms with van der Waals surface area (Å²) in [6.07, 6.45) is 0. The van der Waals surface area contributed by atoms with Crippen LogP contribution in [-0.2, 0) is 0 Å². The number of rotatable bonds is 9. The van der Waals surface area contributed by atoms with Crippen LogP contribution in [0.15, 0.2) is 496 Å². The van der Waals surface area contributed by atoms with E-state index in [1.165, 1.54) is 160 Å². The molecule has 0 saturated heterocycles. The number of nitrogens with zero attached hydrogens (tertiary/aromatic N) is 9. The van der Waals surface area contributed by atoms with E-state index in [1.54, 1.807) is 0 Å². The Balaban J connectivity index is 0.000000101. The Labute approximate surface area is 865 Å². The summed E-state index contributed by atoms with van der Waals surface area (Å²) in [6.45, 7) is 0. The summed E-state index contributed by atoms with van der Waals surface area (Å²) in [4.78, 5) is 32.1. The molecule has 33 aromatic rings. The highest BCUT2D eigenvalue weighted by molar-refractivity contribution is 7.26. The van der Waals surface area contributed by atoms with Gasteiger partial charge in [0.1, 0.15) is 28.2 Å². The number of thiophene rings is 2. The summed E-state index contributed by atoms with van der Waals surface area (Å²) in [5.41, 5.74) is 26.4. The number of hydrogen-bond acceptors (Lipinski definition) is 9. The van der Waals surface area contributed by atoms with Gasteiger partial charge in [-0.25, -0.2) is 29.9 Å². The Morgan fingerprint density at radius 3 is 0.853 bits per heavy atom. The first-order chi connectivity index (χ1) is 74.4. The Kier molecular flexibility index (Phi) is 19.3. The van der Waals surface area contributed by atoms with Crippen LogP contribution >= 0.6 is 22.7 Å². The summed E-state index contributed by atoms with van der Waals surface area (Å²) >= 11 is 3.72. The van der Waals surface area contributed by atoms with Crippen LogP contribution in [0.3, 0.4) is 0 Å². The van der Waals surface area contributed by atoms with Crippen LogP contribution in [0.5, 0.6) is 0 Å². The van der Waals surface area contributed by atoms with Crippen LogP contribution in [0.2, 0.25) is 0 Å². The maximum absolute atomic E-state index is 6.23. The van der Waals surface area contributed by atoms with Gasteiger partial charge in [0.2, 0.25) is 0 Å². The van der Waals surface area contributed by atoms with Gasteiger partial charge in [-0.05, 0) is 219 Å². The van der Waals surface area contributed by atoms with Crippen LogP contribution in [0.1, 0.15) is 0 Å². The zero-order valence-corrected chi connectivity index (χ0v) is 82.1. The first-order valence-electron chi connectivity index (χ1n) is 50.8. The smallest absolute Gasteiger partial charge is 0.165 e. The van der Waals surface area contributed by atoms with Crippen molar-refractivity contribution in [1.82, 2.24) is 43.6 Å². The second-order valence-electron chi connectivity index (χ2n) is 38.8. The summed E-state index contributed by atoms with van der Waals surface area (Å²) in [7, 11) is 0. The third-order valence-electron chi connectivity index (χ3n) is 30.5. The third kappa shape index (κ3) is 13.4. The van der Waals surface area contributed by atoms with Gasteiger partial charge in [0.05, 0.1) is 66.2 Å². The van der Waals surface area contributed by atoms with Crippen molar-refractivity contribution in [2.75, 3.05) is 0 Å². The second-order valence-corrected chi connectivity index (χ2v) is 41.0. The molecule has 0 saturated carbocycles. The topological polar surface area (TPSA) is 105 Å². The van der Waals surface area contributed by atoms with Gasteiger partial charge in [0.25, 0.3) is 0 Å². The number of hydrogen-bond donors (Lipinski definition) is 0. The second kappa shape index (κ2) is 34.1. The van der Waals surface area contributed by atoms with E-state index in [4.69, 9.17) is 34.3 Å². The van der Waals surface area contributed by atoms with Gasteiger partial charge in [-0.1, -0.05) is 370 Å². The normalized spacial score (nSPS) is 12.0. The minimum atomic E-state index is 0.808. The standard InChI is InChI=1S/C46H27N3O.2C46H27N3S/c1-2-13-29(14-3-1)45-46(48-38-20-10-9-19-37(38)47-45)49-39-24-22-28-12-4-5-15-31(28)43(39)44-34-18-7-6-16-32(34)35(27-40(44)49)30-23-25-42-36(26-30)33-17-8-11-21-41(33)50-42;1-2-13-29(14-3-1)45-46(48-38-20-10-9-19-37(38)47-45)49-39-25-23-28-12-4-5-15-31(28)43(39)44-35-18-7-6-16-32(35)36(27-40(44)49)30-22-24-34-33-17-8-11-21-41(33)50-42(34)26-30;1-2-13-29(14-3-1)45-46(48-38-20-10-9-19-37(38)47-45)49-39-24-22-28-12-4-5-15-31(28)43(39)44-34-18-7-6-16-32(34)35(27-40(44)49)30-23-25-42-36(26-30)33-17-8-11-21-41(33)50-42/h3*1-27H. The third-order valence-corrected chi connectivity index (χ3v) is 32.8. The van der Waals surface area contributed by atoms with E-state index in [0.717, 1.165) is 150 Å². The van der Waals surface area contributed by atoms with Gasteiger partial charge < -0.3 is 4.42 Å². The fraction of sp³-hybridized carbons (Fsp3) is 0. The Hall–Kier alpha value is -19.5. The molecule has 33 rings (SSSR count). The van der Waals surface area contributed by atoms with E-state index in [1.807, 2.05) is 95.5 Å². The van der Waals surface area contributed by atoms with E-state index in [-0.39, 0.29) is 0 Å². The molecule has 0 radical (unpaired) electrons. The van der Waals surface area contributed by atoms with Gasteiger partial charge in [0.15, 0.2) is 17.5 Å². The number of para-hydroxylation sites is 7. The molecule has 24 aromatic carbocycles.